The van der Waals surface area contributed by atoms with Crippen LogP contribution in [0, 0.1) is 5.92 Å². The molecule has 20 heavy (non-hydrogen) atoms. The Bertz CT molecular complexity index is 657. The van der Waals surface area contributed by atoms with E-state index in [0.717, 1.165) is 28.9 Å². The average Bonchev–Trinajstić information content (AvgIpc) is 2.96. The van der Waals surface area contributed by atoms with E-state index in [2.05, 4.69) is 4.98 Å². The first-order valence-corrected chi connectivity index (χ1v) is 6.59. The number of aliphatic carboxylic acids is 1. The normalized spacial score (nSPS) is 18.4. The molecular formula is C15H16N2O3. The average molecular weight is 272 g/mol. The van der Waals surface area contributed by atoms with Gasteiger partial charge in [0.05, 0.1) is 13.0 Å². The zero-order valence-electron chi connectivity index (χ0n) is 11.2. The van der Waals surface area contributed by atoms with Crippen LogP contribution in [-0.2, 0) is 4.79 Å². The van der Waals surface area contributed by atoms with Crippen LogP contribution in [0.5, 0.6) is 5.75 Å². The van der Waals surface area contributed by atoms with Gasteiger partial charge < -0.3 is 14.7 Å². The summed E-state index contributed by atoms with van der Waals surface area (Å²) in [5, 5.41) is 11.2. The fourth-order valence-corrected chi connectivity index (χ4v) is 2.67. The standard InChI is InChI=1S/C15H16N2O3/c1-20-12-2-3-13-10(8-12)4-6-16-14(13)17-7-5-11(9-17)15(18)19/h2-4,6,8,11H,5,7,9H2,1H3,(H,18,19). The third kappa shape index (κ3) is 2.15. The van der Waals surface area contributed by atoms with Gasteiger partial charge in [0.25, 0.3) is 0 Å². The number of carboxylic acids is 1. The van der Waals surface area contributed by atoms with Crippen LogP contribution in [0.4, 0.5) is 5.82 Å². The first-order chi connectivity index (χ1) is 9.69. The first-order valence-electron chi connectivity index (χ1n) is 6.59. The fourth-order valence-electron chi connectivity index (χ4n) is 2.67. The molecule has 1 aromatic heterocycles. The molecule has 3 rings (SSSR count). The van der Waals surface area contributed by atoms with E-state index in [1.54, 1.807) is 13.3 Å². The van der Waals surface area contributed by atoms with E-state index in [-0.39, 0.29) is 5.92 Å². The number of carboxylic acid groups (broad SMARTS) is 1. The molecule has 1 aromatic carbocycles. The maximum Gasteiger partial charge on any atom is 0.308 e. The molecule has 104 valence electrons. The number of rotatable bonds is 3. The molecular weight excluding hydrogens is 256 g/mol. The predicted molar refractivity (Wildman–Crippen MR) is 76.3 cm³/mol. The number of ether oxygens (including phenoxy) is 1. The highest BCUT2D eigenvalue weighted by Gasteiger charge is 2.29. The Morgan fingerprint density at radius 2 is 2.30 bits per heavy atom. The van der Waals surface area contributed by atoms with Crippen molar-refractivity contribution in [2.75, 3.05) is 25.1 Å². The predicted octanol–water partition coefficient (Wildman–Crippen LogP) is 2.15. The van der Waals surface area contributed by atoms with Crippen molar-refractivity contribution < 1.29 is 14.6 Å². The lowest BCUT2D eigenvalue weighted by Crippen LogP contribution is -2.23. The van der Waals surface area contributed by atoms with Crippen LogP contribution in [0.1, 0.15) is 6.42 Å². The maximum absolute atomic E-state index is 11.1. The van der Waals surface area contributed by atoms with Crippen LogP contribution < -0.4 is 9.64 Å². The van der Waals surface area contributed by atoms with E-state index in [0.29, 0.717) is 13.0 Å². The number of fused-ring (bicyclic) bond motifs is 1. The minimum absolute atomic E-state index is 0.301. The minimum atomic E-state index is -0.727. The van der Waals surface area contributed by atoms with Crippen LogP contribution in [0.25, 0.3) is 10.8 Å². The quantitative estimate of drug-likeness (QED) is 0.927. The second kappa shape index (κ2) is 5.00. The van der Waals surface area contributed by atoms with Crippen molar-refractivity contribution in [2.24, 2.45) is 5.92 Å². The summed E-state index contributed by atoms with van der Waals surface area (Å²) in [6.45, 7) is 1.25. The van der Waals surface area contributed by atoms with Crippen molar-refractivity contribution in [1.29, 1.82) is 0 Å². The number of pyridine rings is 1. The lowest BCUT2D eigenvalue weighted by atomic mass is 10.1. The van der Waals surface area contributed by atoms with Gasteiger partial charge in [0.2, 0.25) is 0 Å². The fraction of sp³-hybridized carbons (Fsp3) is 0.333. The summed E-state index contributed by atoms with van der Waals surface area (Å²) in [5.74, 6) is 0.632. The van der Waals surface area contributed by atoms with Gasteiger partial charge >= 0.3 is 5.97 Å². The van der Waals surface area contributed by atoms with Gasteiger partial charge in [-0.1, -0.05) is 0 Å². The monoisotopic (exact) mass is 272 g/mol. The van der Waals surface area contributed by atoms with E-state index < -0.39 is 5.97 Å². The van der Waals surface area contributed by atoms with Gasteiger partial charge in [-0.15, -0.1) is 0 Å². The smallest absolute Gasteiger partial charge is 0.308 e. The summed E-state index contributed by atoms with van der Waals surface area (Å²) in [5.41, 5.74) is 0. The Morgan fingerprint density at radius 3 is 3.00 bits per heavy atom. The van der Waals surface area contributed by atoms with Crippen LogP contribution in [0.3, 0.4) is 0 Å². The summed E-state index contributed by atoms with van der Waals surface area (Å²) in [6, 6.07) is 7.78. The molecule has 0 saturated carbocycles. The molecule has 2 aromatic rings. The second-order valence-corrected chi connectivity index (χ2v) is 4.99. The van der Waals surface area contributed by atoms with Crippen LogP contribution >= 0.6 is 0 Å². The Hall–Kier alpha value is -2.30. The Kier molecular flexibility index (Phi) is 3.18. The molecule has 1 fully saturated rings. The van der Waals surface area contributed by atoms with Gasteiger partial charge in [0.1, 0.15) is 11.6 Å². The summed E-state index contributed by atoms with van der Waals surface area (Å²) < 4.78 is 5.22. The molecule has 1 aliphatic rings. The SMILES string of the molecule is COc1ccc2c(N3CCC(C(=O)O)C3)nccc2c1. The molecule has 2 heterocycles. The van der Waals surface area contributed by atoms with Crippen LogP contribution in [0.15, 0.2) is 30.5 Å². The van der Waals surface area contributed by atoms with Crippen molar-refractivity contribution >= 4 is 22.6 Å². The summed E-state index contributed by atoms with van der Waals surface area (Å²) in [4.78, 5) is 17.5. The molecule has 0 bridgehead atoms. The van der Waals surface area contributed by atoms with Gasteiger partial charge in [-0.25, -0.2) is 4.98 Å². The Morgan fingerprint density at radius 1 is 1.45 bits per heavy atom. The maximum atomic E-state index is 11.1. The summed E-state index contributed by atoms with van der Waals surface area (Å²) in [7, 11) is 1.64. The van der Waals surface area contributed by atoms with Gasteiger partial charge in [0.15, 0.2) is 0 Å². The molecule has 0 radical (unpaired) electrons. The van der Waals surface area contributed by atoms with Gasteiger partial charge in [-0.05, 0) is 36.1 Å². The lowest BCUT2D eigenvalue weighted by Gasteiger charge is -2.19. The molecule has 1 aliphatic heterocycles. The number of aromatic nitrogens is 1. The molecule has 0 aliphatic carbocycles. The van der Waals surface area contributed by atoms with Gasteiger partial charge in [0, 0.05) is 24.7 Å². The van der Waals surface area contributed by atoms with Crippen LogP contribution in [0.2, 0.25) is 0 Å². The van der Waals surface area contributed by atoms with E-state index in [1.165, 1.54) is 0 Å². The Balaban J connectivity index is 1.98. The Labute approximate surface area is 116 Å². The van der Waals surface area contributed by atoms with Crippen molar-refractivity contribution in [1.82, 2.24) is 4.98 Å². The van der Waals surface area contributed by atoms with E-state index in [1.807, 2.05) is 29.2 Å². The first kappa shape index (κ1) is 12.7. The van der Waals surface area contributed by atoms with Crippen LogP contribution in [-0.4, -0.2) is 36.3 Å². The third-order valence-electron chi connectivity index (χ3n) is 3.79. The number of nitrogens with zero attached hydrogens (tertiary/aromatic N) is 2. The largest absolute Gasteiger partial charge is 0.497 e. The highest BCUT2D eigenvalue weighted by molar-refractivity contribution is 5.93. The van der Waals surface area contributed by atoms with Crippen molar-refractivity contribution in [3.63, 3.8) is 0 Å². The summed E-state index contributed by atoms with van der Waals surface area (Å²) in [6.07, 6.45) is 2.43. The highest BCUT2D eigenvalue weighted by Crippen LogP contribution is 2.30. The van der Waals surface area contributed by atoms with E-state index in [4.69, 9.17) is 9.84 Å². The minimum Gasteiger partial charge on any atom is -0.497 e. The molecule has 1 unspecified atom stereocenters. The molecule has 5 nitrogen and oxygen atoms in total. The number of anilines is 1. The number of methoxy groups -OCH3 is 1. The van der Waals surface area contributed by atoms with Gasteiger partial charge in [-0.2, -0.15) is 0 Å². The van der Waals surface area contributed by atoms with Gasteiger partial charge in [-0.3, -0.25) is 4.79 Å². The molecule has 0 amide bonds. The van der Waals surface area contributed by atoms with Crippen molar-refractivity contribution in [3.8, 4) is 5.75 Å². The highest BCUT2D eigenvalue weighted by atomic mass is 16.5. The lowest BCUT2D eigenvalue weighted by molar-refractivity contribution is -0.140. The number of carbonyl (C=O) groups is 1. The van der Waals surface area contributed by atoms with E-state index in [9.17, 15) is 4.79 Å². The topological polar surface area (TPSA) is 62.7 Å². The molecule has 1 N–H and O–H groups in total. The van der Waals surface area contributed by atoms with E-state index >= 15 is 0 Å². The zero-order valence-corrected chi connectivity index (χ0v) is 11.2. The number of benzene rings is 1. The number of hydrogen-bond donors (Lipinski definition) is 1. The van der Waals surface area contributed by atoms with Crippen molar-refractivity contribution in [3.05, 3.63) is 30.5 Å². The second-order valence-electron chi connectivity index (χ2n) is 4.99. The molecule has 5 heteroatoms. The molecule has 0 spiro atoms. The summed E-state index contributed by atoms with van der Waals surface area (Å²) >= 11 is 0. The zero-order chi connectivity index (χ0) is 14.1. The third-order valence-corrected chi connectivity index (χ3v) is 3.79. The number of hydrogen-bond acceptors (Lipinski definition) is 4. The van der Waals surface area contributed by atoms with Crippen molar-refractivity contribution in [2.45, 2.75) is 6.42 Å². The molecule has 1 saturated heterocycles. The molecule has 1 atom stereocenters.